The van der Waals surface area contributed by atoms with E-state index in [4.69, 9.17) is 5.73 Å². The molecule has 5 aliphatic carbocycles. The lowest BCUT2D eigenvalue weighted by Crippen LogP contribution is -2.69. The summed E-state index contributed by atoms with van der Waals surface area (Å²) in [6, 6.07) is 0. The van der Waals surface area contributed by atoms with E-state index < -0.39 is 16.4 Å². The highest BCUT2D eigenvalue weighted by Gasteiger charge is 2.72. The maximum Gasteiger partial charge on any atom is 0.223 e. The molecule has 4 fully saturated rings. The van der Waals surface area contributed by atoms with Gasteiger partial charge in [0.2, 0.25) is 5.91 Å². The van der Waals surface area contributed by atoms with Gasteiger partial charge in [0, 0.05) is 16.7 Å². The highest BCUT2D eigenvalue weighted by molar-refractivity contribution is 5.96. The molecule has 5 rings (SSSR count). The molecule has 0 bridgehead atoms. The molecule has 5 nitrogen and oxygen atoms in total. The minimum absolute atomic E-state index is 0.0879. The molecule has 0 heterocycles. The number of carbonyl (C=O) groups excluding carboxylic acids is 3. The lowest BCUT2D eigenvalue weighted by molar-refractivity contribution is -0.226. The number of fused-ring (bicyclic) bond motifs is 7. The number of aliphatic hydroxyl groups is 1. The van der Waals surface area contributed by atoms with Gasteiger partial charge in [0.25, 0.3) is 0 Å². The first-order valence-electron chi connectivity index (χ1n) is 14.6. The fourth-order valence-electron chi connectivity index (χ4n) is 11.0. The number of ketones is 2. The van der Waals surface area contributed by atoms with Gasteiger partial charge in [-0.3, -0.25) is 14.4 Å². The van der Waals surface area contributed by atoms with Crippen LogP contribution in [0.2, 0.25) is 0 Å². The van der Waals surface area contributed by atoms with Gasteiger partial charge in [-0.2, -0.15) is 0 Å². The van der Waals surface area contributed by atoms with Gasteiger partial charge in [0.05, 0.1) is 0 Å². The highest BCUT2D eigenvalue weighted by Crippen LogP contribution is 2.75. The third-order valence-corrected chi connectivity index (χ3v) is 14.0. The van der Waals surface area contributed by atoms with Crippen LogP contribution in [0.1, 0.15) is 113 Å². The van der Waals surface area contributed by atoms with Gasteiger partial charge in [-0.15, -0.1) is 0 Å². The number of nitrogens with two attached hydrogens (primary N) is 1. The zero-order chi connectivity index (χ0) is 27.6. The van der Waals surface area contributed by atoms with E-state index >= 15 is 0 Å². The molecular weight excluding hydrogens is 462 g/mol. The topological polar surface area (TPSA) is 97.5 Å². The Morgan fingerprint density at radius 3 is 2.14 bits per heavy atom. The van der Waals surface area contributed by atoms with Crippen molar-refractivity contribution in [2.75, 3.05) is 0 Å². The summed E-state index contributed by atoms with van der Waals surface area (Å²) in [5, 5.41) is 11.6. The third-order valence-electron chi connectivity index (χ3n) is 14.0. The minimum Gasteiger partial charge on any atom is -0.382 e. The Hall–Kier alpha value is -1.49. The zero-order valence-corrected chi connectivity index (χ0v) is 24.4. The fraction of sp³-hybridized carbons (Fsp3) is 0.844. The van der Waals surface area contributed by atoms with Crippen LogP contribution in [-0.2, 0) is 14.4 Å². The van der Waals surface area contributed by atoms with E-state index in [0.717, 1.165) is 44.9 Å². The van der Waals surface area contributed by atoms with Gasteiger partial charge in [-0.05, 0) is 104 Å². The average Bonchev–Trinajstić information content (AvgIpc) is 2.79. The van der Waals surface area contributed by atoms with Gasteiger partial charge in [0.1, 0.15) is 5.60 Å². The standard InChI is InChI=1S/C32H49NO4/c1-19(34)32(37)16-14-29(6)23(26(32,2)3)9-10-31(8)24(29)22(35)17-20-21-18-28(5,25(33)36)12-11-27(21,4)13-15-30(20,31)7/h17,21,23-24,37H,9-16,18H2,1-8H3,(H2,33,36)/t21-,23?,24-,27-,28+,29+,30-,31-,32+/m1/s1. The molecule has 0 radical (unpaired) electrons. The van der Waals surface area contributed by atoms with Crippen LogP contribution in [0.4, 0.5) is 0 Å². The van der Waals surface area contributed by atoms with Gasteiger partial charge < -0.3 is 10.8 Å². The van der Waals surface area contributed by atoms with Crippen LogP contribution < -0.4 is 5.73 Å². The summed E-state index contributed by atoms with van der Waals surface area (Å²) < 4.78 is 0. The molecule has 0 aromatic rings. The second-order valence-corrected chi connectivity index (χ2v) is 15.8. The molecule has 0 aromatic heterocycles. The summed E-state index contributed by atoms with van der Waals surface area (Å²) in [5.74, 6) is -0.0108. The van der Waals surface area contributed by atoms with E-state index in [1.54, 1.807) is 0 Å². The Kier molecular flexibility index (Phi) is 5.55. The van der Waals surface area contributed by atoms with Crippen molar-refractivity contribution >= 4 is 17.5 Å². The number of hydrogen-bond donors (Lipinski definition) is 2. The first-order chi connectivity index (χ1) is 16.8. The third kappa shape index (κ3) is 3.10. The molecule has 3 N–H and O–H groups in total. The molecule has 1 unspecified atom stereocenters. The average molecular weight is 512 g/mol. The molecule has 0 aliphatic heterocycles. The maximum atomic E-state index is 14.4. The molecule has 37 heavy (non-hydrogen) atoms. The van der Waals surface area contributed by atoms with Crippen molar-refractivity contribution in [2.24, 2.45) is 56.0 Å². The summed E-state index contributed by atoms with van der Waals surface area (Å²) in [6.07, 6.45) is 9.59. The van der Waals surface area contributed by atoms with E-state index in [9.17, 15) is 19.5 Å². The van der Waals surface area contributed by atoms with Gasteiger partial charge in [-0.25, -0.2) is 0 Å². The largest absolute Gasteiger partial charge is 0.382 e. The highest BCUT2D eigenvalue weighted by atomic mass is 16.3. The number of Topliss-reactive ketones (excluding diaryl/α,β-unsaturated/α-hetero) is 1. The summed E-state index contributed by atoms with van der Waals surface area (Å²) in [4.78, 5) is 39.5. The molecule has 206 valence electrons. The molecule has 9 atom stereocenters. The summed E-state index contributed by atoms with van der Waals surface area (Å²) in [7, 11) is 0. The van der Waals surface area contributed by atoms with Crippen molar-refractivity contribution < 1.29 is 19.5 Å². The Labute approximate surface area is 223 Å². The molecular formula is C32H49NO4. The Morgan fingerprint density at radius 1 is 0.919 bits per heavy atom. The second-order valence-electron chi connectivity index (χ2n) is 15.8. The minimum atomic E-state index is -1.35. The SMILES string of the molecule is CC(=O)[C@@]1(O)CC[C@@]2(C)C(CC[C@]3(C)[C@@H]2C(=O)C=C2[C@H]4C[C@@](C)(C(N)=O)CC[C@]4(C)CC[C@]23C)C1(C)C. The van der Waals surface area contributed by atoms with Crippen molar-refractivity contribution in [1.82, 2.24) is 0 Å². The van der Waals surface area contributed by atoms with Gasteiger partial charge >= 0.3 is 0 Å². The van der Waals surface area contributed by atoms with Gasteiger partial charge in [-0.1, -0.05) is 54.0 Å². The summed E-state index contributed by atoms with van der Waals surface area (Å²) in [5.41, 5.74) is 4.19. The van der Waals surface area contributed by atoms with Crippen LogP contribution in [0.15, 0.2) is 11.6 Å². The molecule has 0 saturated heterocycles. The Balaban J connectivity index is 1.62. The number of rotatable bonds is 2. The Morgan fingerprint density at radius 2 is 1.54 bits per heavy atom. The molecule has 5 heteroatoms. The second kappa shape index (κ2) is 7.58. The van der Waals surface area contributed by atoms with E-state index in [2.05, 4.69) is 27.7 Å². The number of primary amides is 1. The van der Waals surface area contributed by atoms with Crippen LogP contribution in [0.25, 0.3) is 0 Å². The summed E-state index contributed by atoms with van der Waals surface area (Å²) >= 11 is 0. The van der Waals surface area contributed by atoms with Crippen molar-refractivity contribution in [1.29, 1.82) is 0 Å². The predicted octanol–water partition coefficient (Wildman–Crippen LogP) is 5.77. The summed E-state index contributed by atoms with van der Waals surface area (Å²) in [6.45, 7) is 17.0. The van der Waals surface area contributed by atoms with Crippen LogP contribution in [-0.4, -0.2) is 28.2 Å². The van der Waals surface area contributed by atoms with E-state index in [1.807, 2.05) is 26.8 Å². The molecule has 5 aliphatic rings. The normalized spacial score (nSPS) is 52.6. The quantitative estimate of drug-likeness (QED) is 0.492. The number of amides is 1. The van der Waals surface area contributed by atoms with Crippen molar-refractivity contribution in [2.45, 2.75) is 119 Å². The predicted molar refractivity (Wildman–Crippen MR) is 144 cm³/mol. The monoisotopic (exact) mass is 511 g/mol. The van der Waals surface area contributed by atoms with Crippen molar-refractivity contribution in [3.63, 3.8) is 0 Å². The maximum absolute atomic E-state index is 14.4. The van der Waals surface area contributed by atoms with Crippen LogP contribution >= 0.6 is 0 Å². The van der Waals surface area contributed by atoms with Crippen molar-refractivity contribution in [3.8, 4) is 0 Å². The molecule has 0 aromatic carbocycles. The number of allylic oxidation sites excluding steroid dienone is 2. The van der Waals surface area contributed by atoms with Crippen LogP contribution in [0, 0.1) is 50.2 Å². The zero-order valence-electron chi connectivity index (χ0n) is 24.4. The van der Waals surface area contributed by atoms with Gasteiger partial charge in [0.15, 0.2) is 11.6 Å². The van der Waals surface area contributed by atoms with Crippen molar-refractivity contribution in [3.05, 3.63) is 11.6 Å². The van der Waals surface area contributed by atoms with E-state index in [0.29, 0.717) is 12.8 Å². The van der Waals surface area contributed by atoms with E-state index in [-0.39, 0.29) is 56.9 Å². The molecule has 1 amide bonds. The van der Waals surface area contributed by atoms with Crippen LogP contribution in [0.5, 0.6) is 0 Å². The Bertz CT molecular complexity index is 1110. The lowest BCUT2D eigenvalue weighted by atomic mass is 9.32. The first kappa shape index (κ1) is 27.1. The molecule has 4 saturated carbocycles. The first-order valence-corrected chi connectivity index (χ1v) is 14.6. The lowest BCUT2D eigenvalue weighted by Gasteiger charge is -2.71. The number of hydrogen-bond acceptors (Lipinski definition) is 4. The van der Waals surface area contributed by atoms with E-state index in [1.165, 1.54) is 12.5 Å². The van der Waals surface area contributed by atoms with Crippen LogP contribution in [0.3, 0.4) is 0 Å². The fourth-order valence-corrected chi connectivity index (χ4v) is 11.0. The number of carbonyl (C=O) groups is 3. The molecule has 0 spiro atoms. The smallest absolute Gasteiger partial charge is 0.223 e.